The predicted octanol–water partition coefficient (Wildman–Crippen LogP) is 2.17. The summed E-state index contributed by atoms with van der Waals surface area (Å²) in [5.74, 6) is -5.77. The van der Waals surface area contributed by atoms with E-state index in [1.807, 2.05) is 43.2 Å². The van der Waals surface area contributed by atoms with Gasteiger partial charge in [0.15, 0.2) is 23.8 Å². The second-order valence-corrected chi connectivity index (χ2v) is 30.4. The van der Waals surface area contributed by atoms with Crippen LogP contribution in [0.5, 0.6) is 5.75 Å². The number of para-hydroxylation sites is 1. The Labute approximate surface area is 569 Å². The van der Waals surface area contributed by atoms with Crippen molar-refractivity contribution in [2.24, 2.45) is 23.2 Å². The number of anilines is 1. The molecule has 97 heavy (non-hydrogen) atoms. The summed E-state index contributed by atoms with van der Waals surface area (Å²) < 4.78 is 23.8. The fraction of sp³-hybridized carbons (Fsp3) is 0.642. The lowest BCUT2D eigenvalue weighted by molar-refractivity contribution is -0.294. The van der Waals surface area contributed by atoms with Gasteiger partial charge in [0.1, 0.15) is 36.8 Å². The number of H-pyrrole nitrogens is 1. The van der Waals surface area contributed by atoms with Gasteiger partial charge in [-0.3, -0.25) is 34.4 Å². The molecule has 8 heterocycles. The molecule has 28 nitrogen and oxygen atoms in total. The van der Waals surface area contributed by atoms with Crippen molar-refractivity contribution in [1.29, 1.82) is 0 Å². The average Bonchev–Trinajstić information content (AvgIpc) is 1.46. The zero-order valence-corrected chi connectivity index (χ0v) is 57.4. The van der Waals surface area contributed by atoms with Gasteiger partial charge in [0.25, 0.3) is 5.91 Å². The van der Waals surface area contributed by atoms with Crippen LogP contribution in [-0.2, 0) is 68.4 Å². The van der Waals surface area contributed by atoms with Crippen molar-refractivity contribution in [2.75, 3.05) is 76.5 Å². The van der Waals surface area contributed by atoms with Crippen LogP contribution in [0.4, 0.5) is 10.5 Å². The van der Waals surface area contributed by atoms with Gasteiger partial charge >= 0.3 is 18.0 Å². The Kier molecular flexibility index (Phi) is 21.2. The SMILES string of the molecule is CC[C@@H](C)C(=O)N[C@@H](Cc1cn(CCOC2OC(C(=O)O)C(O)[C@H](O)[C@@H]2O)nn1)C(=O)C[C@@H](CSSCCOC(=O)NNC(=O)[C@@]1(O)[C@H](O)[C@]2(CC)C=CCN3CC[C@@]4(c5cc([C@@]6(C)C[C@@H]7CN(CCc8c6[nH]c6ccccc86)C[C@](O)(CC)C7)c(OC)cc5N(C)[C@@H]14)[C@@H]32)C(=O)O. The molecule has 0 radical (unpaired) electrons. The van der Waals surface area contributed by atoms with Gasteiger partial charge < -0.3 is 75.0 Å². The van der Waals surface area contributed by atoms with Gasteiger partial charge in [-0.05, 0) is 87.6 Å². The van der Waals surface area contributed by atoms with E-state index >= 15 is 4.79 Å². The van der Waals surface area contributed by atoms with Gasteiger partial charge in [-0.25, -0.2) is 19.7 Å². The Hall–Kier alpha value is -6.42. The number of nitrogens with zero attached hydrogens (tertiary/aromatic N) is 6. The number of ketones is 1. The molecular weight excluding hydrogens is 1300 g/mol. The van der Waals surface area contributed by atoms with Crippen LogP contribution in [0.25, 0.3) is 10.9 Å². The molecule has 30 heteroatoms. The molecule has 3 amide bonds. The number of carbonyl (C=O) groups is 6. The maximum absolute atomic E-state index is 15.2. The number of likely N-dealkylation sites (N-methyl/N-ethyl adjacent to an activating group) is 1. The van der Waals surface area contributed by atoms with E-state index in [0.29, 0.717) is 63.9 Å². The number of rotatable bonds is 25. The number of piperidine rings is 1. The van der Waals surface area contributed by atoms with Crippen molar-refractivity contribution < 1.29 is 88.6 Å². The van der Waals surface area contributed by atoms with E-state index in [1.54, 1.807) is 21.0 Å². The van der Waals surface area contributed by atoms with E-state index in [4.69, 9.17) is 18.9 Å². The van der Waals surface area contributed by atoms with E-state index in [-0.39, 0.29) is 55.3 Å². The summed E-state index contributed by atoms with van der Waals surface area (Å²) in [6, 6.07) is 10.0. The number of carboxylic acids is 2. The molecule has 2 aromatic carbocycles. The molecule has 530 valence electrons. The second-order valence-electron chi connectivity index (χ2n) is 27.7. The Morgan fingerprint density at radius 1 is 0.928 bits per heavy atom. The summed E-state index contributed by atoms with van der Waals surface area (Å²) in [6.07, 6.45) is -2.88. The number of benzene rings is 2. The third kappa shape index (κ3) is 13.2. The molecule has 1 aliphatic carbocycles. The molecule has 4 fully saturated rings. The highest BCUT2D eigenvalue weighted by molar-refractivity contribution is 8.76. The Morgan fingerprint density at radius 3 is 2.42 bits per heavy atom. The Balaban J connectivity index is 0.746. The number of aromatic nitrogens is 4. The third-order valence-corrected chi connectivity index (χ3v) is 24.5. The first-order chi connectivity index (χ1) is 46.2. The number of fused-ring (bicyclic) bond motifs is 6. The lowest BCUT2D eigenvalue weighted by Crippen LogP contribution is -2.82. The van der Waals surface area contributed by atoms with Crippen molar-refractivity contribution in [2.45, 2.75) is 176 Å². The van der Waals surface area contributed by atoms with Crippen LogP contribution < -0.4 is 25.8 Å². The number of amides is 3. The first kappa shape index (κ1) is 71.9. The highest BCUT2D eigenvalue weighted by Crippen LogP contribution is 2.67. The summed E-state index contributed by atoms with van der Waals surface area (Å²) in [4.78, 5) is 90.4. The molecule has 2 bridgehead atoms. The van der Waals surface area contributed by atoms with Crippen molar-refractivity contribution in [3.8, 4) is 5.75 Å². The molecule has 1 saturated carbocycles. The maximum Gasteiger partial charge on any atom is 0.426 e. The Morgan fingerprint density at radius 2 is 1.70 bits per heavy atom. The molecule has 4 unspecified atom stereocenters. The zero-order chi connectivity index (χ0) is 69.7. The molecule has 7 aliphatic rings. The number of aromatic amines is 1. The first-order valence-electron chi connectivity index (χ1n) is 33.5. The summed E-state index contributed by atoms with van der Waals surface area (Å²) in [6.45, 7) is 12.7. The average molecular weight is 1390 g/mol. The fourth-order valence-electron chi connectivity index (χ4n) is 17.1. The number of Topliss-reactive ketones (excluding diaryl/α,β-unsaturated/α-hetero) is 1. The zero-order valence-electron chi connectivity index (χ0n) is 55.7. The van der Waals surface area contributed by atoms with E-state index in [9.17, 15) is 64.8 Å². The number of hydrogen-bond donors (Lipinski definition) is 12. The smallest absolute Gasteiger partial charge is 0.426 e. The number of aliphatic carboxylic acids is 2. The summed E-state index contributed by atoms with van der Waals surface area (Å²) in [5.41, 5.74) is 4.69. The summed E-state index contributed by atoms with van der Waals surface area (Å²) >= 11 is 0. The van der Waals surface area contributed by atoms with Gasteiger partial charge in [-0.15, -0.1) is 5.10 Å². The lowest BCUT2D eigenvalue weighted by Gasteiger charge is -2.63. The highest BCUT2D eigenvalue weighted by atomic mass is 33.1. The summed E-state index contributed by atoms with van der Waals surface area (Å²) in [5, 5.41) is 101. The minimum atomic E-state index is -2.55. The van der Waals surface area contributed by atoms with Crippen molar-refractivity contribution >= 4 is 73.8 Å². The van der Waals surface area contributed by atoms with Gasteiger partial charge in [0.05, 0.1) is 49.6 Å². The number of aliphatic hydroxyl groups is 6. The van der Waals surface area contributed by atoms with Crippen LogP contribution >= 0.6 is 21.6 Å². The molecule has 3 saturated heterocycles. The van der Waals surface area contributed by atoms with E-state index in [0.717, 1.165) is 63.7 Å². The number of aliphatic hydroxyl groups excluding tert-OH is 4. The fourth-order valence-corrected chi connectivity index (χ4v) is 19.2. The van der Waals surface area contributed by atoms with Crippen molar-refractivity contribution in [1.82, 2.24) is 45.9 Å². The van der Waals surface area contributed by atoms with E-state index in [1.165, 1.54) is 27.2 Å². The molecular formula is C67H92N10O18S2. The predicted molar refractivity (Wildman–Crippen MR) is 356 cm³/mol. The minimum Gasteiger partial charge on any atom is -0.496 e. The monoisotopic (exact) mass is 1390 g/mol. The summed E-state index contributed by atoms with van der Waals surface area (Å²) in [7, 11) is 5.77. The molecule has 6 aliphatic heterocycles. The number of hydrogen-bond acceptors (Lipinski definition) is 23. The Bertz CT molecular complexity index is 3640. The minimum absolute atomic E-state index is 0.0287. The van der Waals surface area contributed by atoms with Crippen LogP contribution in [0.15, 0.2) is 54.7 Å². The first-order valence-corrected chi connectivity index (χ1v) is 36.0. The number of nitrogens with one attached hydrogen (secondary N) is 4. The quantitative estimate of drug-likeness (QED) is 0.0196. The van der Waals surface area contributed by atoms with Gasteiger partial charge in [-0.2, -0.15) is 0 Å². The van der Waals surface area contributed by atoms with Crippen LogP contribution in [0, 0.1) is 23.2 Å². The van der Waals surface area contributed by atoms with Crippen LogP contribution in [0.1, 0.15) is 108 Å². The largest absolute Gasteiger partial charge is 0.496 e. The van der Waals surface area contributed by atoms with Crippen molar-refractivity contribution in [3.63, 3.8) is 0 Å². The second kappa shape index (κ2) is 28.7. The maximum atomic E-state index is 15.2. The standard InChI is InChI=1S/C67H92N10O18S2/c1-8-36(4)54(82)69-45(27-39-33-77(73-70-39)22-23-93-57-51(81)49(79)50(80)52(95-57)56(85)86)47(78)26-38(55(83)84)34-97-96-25-24-94-62(89)72-71-61(88)67(91)59-66(18-21-76-19-13-17-65(10-3,58(66)76)60(67)87)42-28-43(48(92-7)29-46(42)74(59)6)63(5)30-37-31-64(90,9-2)35-75(32-37)20-16-41-40-14-11-12-15-44(40)68-53(41)63/h11-15,17,28-29,33,36-38,45,49-52,57-60,68,79-81,87,90-91H,8-10,16,18-27,30-32,34-35H2,1-7H3,(H,69,82)(H,71,88)(H,72,89)(H,83,84)(H,85,86)/t36-,37+,38+,45+,49+,50?,51+,52?,57?,58+,59-,60-,63-,64+,65-,66-,67+/m1/s1. The van der Waals surface area contributed by atoms with Crippen molar-refractivity contribution in [3.05, 3.63) is 82.8 Å². The van der Waals surface area contributed by atoms with Crippen LogP contribution in [-0.4, -0.2) is 244 Å². The molecule has 1 spiro atoms. The van der Waals surface area contributed by atoms with E-state index < -0.39 is 130 Å². The lowest BCUT2D eigenvalue weighted by atomic mass is 9.47. The number of carboxylic acid groups (broad SMARTS) is 2. The molecule has 2 aromatic heterocycles. The number of methoxy groups -OCH3 is 1. The molecule has 4 aromatic rings. The van der Waals surface area contributed by atoms with Gasteiger partial charge in [-0.1, -0.05) is 84.8 Å². The topological polar surface area (TPSA) is 393 Å². The number of hydrazine groups is 1. The molecule has 11 rings (SSSR count). The van der Waals surface area contributed by atoms with Gasteiger partial charge in [0.2, 0.25) is 5.91 Å². The number of ether oxygens (including phenoxy) is 4. The third-order valence-electron chi connectivity index (χ3n) is 22.0. The number of carbonyl (C=O) groups excluding carboxylic acids is 4. The molecule has 12 N–H and O–H groups in total. The van der Waals surface area contributed by atoms with Crippen LogP contribution in [0.2, 0.25) is 0 Å². The normalized spacial score (nSPS) is 32.8. The highest BCUT2D eigenvalue weighted by Gasteiger charge is 2.79. The van der Waals surface area contributed by atoms with Gasteiger partial charge in [0, 0.05) is 126 Å². The van der Waals surface area contributed by atoms with Crippen LogP contribution in [0.3, 0.4) is 0 Å². The molecule has 18 atom stereocenters. The van der Waals surface area contributed by atoms with E-state index in [2.05, 4.69) is 79.4 Å².